The van der Waals surface area contributed by atoms with Crippen LogP contribution in [0.5, 0.6) is 5.75 Å². The number of ether oxygens (including phenoxy) is 2. The number of nitrogens with one attached hydrogen (secondary N) is 1. The summed E-state index contributed by atoms with van der Waals surface area (Å²) < 4.78 is 46.8. The minimum Gasteiger partial charge on any atom is -0.405 e. The Labute approximate surface area is 115 Å². The average molecular weight is 290 g/mol. The smallest absolute Gasteiger partial charge is 0.405 e. The first-order valence-corrected chi connectivity index (χ1v) is 6.33. The zero-order valence-electron chi connectivity index (χ0n) is 11.0. The number of halogens is 3. The van der Waals surface area contributed by atoms with E-state index in [2.05, 4.69) is 10.2 Å². The highest BCUT2D eigenvalue weighted by Gasteiger charge is 2.35. The number of rotatable bonds is 4. The van der Waals surface area contributed by atoms with Crippen LogP contribution in [-0.2, 0) is 4.74 Å². The lowest BCUT2D eigenvalue weighted by atomic mass is 9.91. The van der Waals surface area contributed by atoms with Gasteiger partial charge in [-0.25, -0.2) is 0 Å². The van der Waals surface area contributed by atoms with Crippen LogP contribution < -0.4 is 16.0 Å². The van der Waals surface area contributed by atoms with Gasteiger partial charge >= 0.3 is 6.36 Å². The molecule has 3 N–H and O–H groups in total. The molecule has 1 aliphatic rings. The van der Waals surface area contributed by atoms with E-state index in [1.165, 1.54) is 12.1 Å². The maximum atomic E-state index is 12.4. The van der Waals surface area contributed by atoms with Crippen LogP contribution in [0.1, 0.15) is 24.9 Å². The third-order valence-electron chi connectivity index (χ3n) is 3.36. The lowest BCUT2D eigenvalue weighted by molar-refractivity contribution is -0.275. The Morgan fingerprint density at radius 1 is 1.40 bits per heavy atom. The van der Waals surface area contributed by atoms with Crippen molar-refractivity contribution in [1.82, 2.24) is 5.43 Å². The summed E-state index contributed by atoms with van der Waals surface area (Å²) in [5, 5.41) is 0. The van der Waals surface area contributed by atoms with Crippen molar-refractivity contribution in [1.29, 1.82) is 0 Å². The molecule has 1 aromatic rings. The molecule has 0 spiro atoms. The molecule has 20 heavy (non-hydrogen) atoms. The Kier molecular flexibility index (Phi) is 4.52. The van der Waals surface area contributed by atoms with Crippen LogP contribution in [0.2, 0.25) is 0 Å². The molecule has 3 unspecified atom stereocenters. The van der Waals surface area contributed by atoms with E-state index in [1.54, 1.807) is 12.1 Å². The molecule has 3 atom stereocenters. The zero-order valence-corrected chi connectivity index (χ0v) is 11.0. The molecule has 1 aliphatic heterocycles. The quantitative estimate of drug-likeness (QED) is 0.661. The van der Waals surface area contributed by atoms with Crippen LogP contribution in [0.3, 0.4) is 0 Å². The second kappa shape index (κ2) is 5.99. The first-order valence-electron chi connectivity index (χ1n) is 6.33. The summed E-state index contributed by atoms with van der Waals surface area (Å²) in [6.07, 6.45) is -3.92. The van der Waals surface area contributed by atoms with Gasteiger partial charge in [0.1, 0.15) is 5.75 Å². The fourth-order valence-electron chi connectivity index (χ4n) is 2.52. The first kappa shape index (κ1) is 15.1. The fraction of sp³-hybridized carbons (Fsp3) is 0.538. The Morgan fingerprint density at radius 2 is 2.10 bits per heavy atom. The number of hydrazine groups is 1. The van der Waals surface area contributed by atoms with Crippen LogP contribution in [0, 0.1) is 5.92 Å². The van der Waals surface area contributed by atoms with E-state index in [0.717, 1.165) is 6.42 Å². The van der Waals surface area contributed by atoms with Crippen molar-refractivity contribution in [2.24, 2.45) is 11.8 Å². The van der Waals surface area contributed by atoms with E-state index in [-0.39, 0.29) is 17.8 Å². The summed E-state index contributed by atoms with van der Waals surface area (Å²) in [7, 11) is 0. The normalized spacial score (nSPS) is 24.6. The monoisotopic (exact) mass is 290 g/mol. The number of benzene rings is 1. The number of para-hydroxylation sites is 1. The van der Waals surface area contributed by atoms with Gasteiger partial charge in [0.25, 0.3) is 0 Å². The van der Waals surface area contributed by atoms with Gasteiger partial charge in [0.15, 0.2) is 0 Å². The summed E-state index contributed by atoms with van der Waals surface area (Å²) in [5.74, 6) is 5.29. The molecular weight excluding hydrogens is 273 g/mol. The standard InChI is InChI=1S/C13H17F3N2O2/c1-8-6-9(7-19-8)12(18-17)10-4-2-3-5-11(10)20-13(14,15)16/h2-5,8-9,12,18H,6-7,17H2,1H3. The maximum Gasteiger partial charge on any atom is 0.573 e. The Bertz CT molecular complexity index is 453. The van der Waals surface area contributed by atoms with Crippen molar-refractivity contribution in [3.63, 3.8) is 0 Å². The van der Waals surface area contributed by atoms with Crippen LogP contribution in [0.4, 0.5) is 13.2 Å². The van der Waals surface area contributed by atoms with Gasteiger partial charge in [-0.2, -0.15) is 0 Å². The molecule has 1 fully saturated rings. The van der Waals surface area contributed by atoms with Crippen molar-refractivity contribution in [3.8, 4) is 5.75 Å². The van der Waals surface area contributed by atoms with Crippen molar-refractivity contribution in [2.45, 2.75) is 31.9 Å². The van der Waals surface area contributed by atoms with Gasteiger partial charge in [-0.1, -0.05) is 18.2 Å². The molecule has 0 radical (unpaired) electrons. The molecule has 112 valence electrons. The molecule has 0 aliphatic carbocycles. The topological polar surface area (TPSA) is 56.5 Å². The molecule has 0 amide bonds. The van der Waals surface area contributed by atoms with E-state index in [4.69, 9.17) is 10.6 Å². The largest absolute Gasteiger partial charge is 0.573 e. The SMILES string of the molecule is CC1CC(C(NN)c2ccccc2OC(F)(F)F)CO1. The lowest BCUT2D eigenvalue weighted by Gasteiger charge is -2.24. The highest BCUT2D eigenvalue weighted by molar-refractivity contribution is 5.36. The molecule has 1 saturated heterocycles. The zero-order chi connectivity index (χ0) is 14.8. The van der Waals surface area contributed by atoms with Crippen LogP contribution >= 0.6 is 0 Å². The summed E-state index contributed by atoms with van der Waals surface area (Å²) in [6, 6.07) is 5.56. The molecule has 0 bridgehead atoms. The van der Waals surface area contributed by atoms with Crippen molar-refractivity contribution >= 4 is 0 Å². The predicted molar refractivity (Wildman–Crippen MR) is 66.7 cm³/mol. The van der Waals surface area contributed by atoms with Gasteiger partial charge in [-0.15, -0.1) is 13.2 Å². The number of hydrogen-bond acceptors (Lipinski definition) is 4. The van der Waals surface area contributed by atoms with Gasteiger partial charge in [0, 0.05) is 11.5 Å². The minimum atomic E-state index is -4.73. The van der Waals surface area contributed by atoms with Gasteiger partial charge in [-0.3, -0.25) is 11.3 Å². The number of hydrogen-bond donors (Lipinski definition) is 2. The van der Waals surface area contributed by atoms with Crippen molar-refractivity contribution in [2.75, 3.05) is 6.61 Å². The lowest BCUT2D eigenvalue weighted by Crippen LogP contribution is -2.34. The first-order chi connectivity index (χ1) is 9.40. The minimum absolute atomic E-state index is 0.00739. The van der Waals surface area contributed by atoms with Gasteiger partial charge < -0.3 is 9.47 Å². The maximum absolute atomic E-state index is 12.4. The molecule has 4 nitrogen and oxygen atoms in total. The Morgan fingerprint density at radius 3 is 2.65 bits per heavy atom. The van der Waals surface area contributed by atoms with Crippen molar-refractivity contribution < 1.29 is 22.6 Å². The highest BCUT2D eigenvalue weighted by atomic mass is 19.4. The van der Waals surface area contributed by atoms with E-state index in [0.29, 0.717) is 12.2 Å². The number of nitrogens with two attached hydrogens (primary N) is 1. The third kappa shape index (κ3) is 3.62. The van der Waals surface area contributed by atoms with Crippen molar-refractivity contribution in [3.05, 3.63) is 29.8 Å². The molecule has 1 heterocycles. The molecule has 0 aromatic heterocycles. The third-order valence-corrected chi connectivity index (χ3v) is 3.36. The molecule has 1 aromatic carbocycles. The average Bonchev–Trinajstić information content (AvgIpc) is 2.77. The second-order valence-corrected chi connectivity index (χ2v) is 4.87. The summed E-state index contributed by atoms with van der Waals surface area (Å²) >= 11 is 0. The van der Waals surface area contributed by atoms with Crippen LogP contribution in [-0.4, -0.2) is 19.1 Å². The van der Waals surface area contributed by atoms with E-state index in [9.17, 15) is 13.2 Å². The summed E-state index contributed by atoms with van der Waals surface area (Å²) in [6.45, 7) is 2.38. The summed E-state index contributed by atoms with van der Waals surface area (Å²) in [4.78, 5) is 0. The van der Waals surface area contributed by atoms with E-state index in [1.807, 2.05) is 6.92 Å². The second-order valence-electron chi connectivity index (χ2n) is 4.87. The Balaban J connectivity index is 2.25. The van der Waals surface area contributed by atoms with Crippen LogP contribution in [0.25, 0.3) is 0 Å². The molecular formula is C13H17F3N2O2. The molecule has 7 heteroatoms. The van der Waals surface area contributed by atoms with Gasteiger partial charge in [0.05, 0.1) is 18.8 Å². The van der Waals surface area contributed by atoms with Gasteiger partial charge in [0.2, 0.25) is 0 Å². The Hall–Kier alpha value is -1.31. The van der Waals surface area contributed by atoms with Crippen LogP contribution in [0.15, 0.2) is 24.3 Å². The van der Waals surface area contributed by atoms with E-state index < -0.39 is 12.4 Å². The fourth-order valence-corrected chi connectivity index (χ4v) is 2.52. The van der Waals surface area contributed by atoms with E-state index >= 15 is 0 Å². The molecule has 0 saturated carbocycles. The predicted octanol–water partition coefficient (Wildman–Crippen LogP) is 2.51. The number of alkyl halides is 3. The summed E-state index contributed by atoms with van der Waals surface area (Å²) in [5.41, 5.74) is 2.96. The van der Waals surface area contributed by atoms with Gasteiger partial charge in [-0.05, 0) is 19.4 Å². The molecule has 2 rings (SSSR count). The highest BCUT2D eigenvalue weighted by Crippen LogP contribution is 2.37.